The number of anilines is 2. The number of nitrogens with one attached hydrogen (secondary N) is 1. The summed E-state index contributed by atoms with van der Waals surface area (Å²) in [5, 5.41) is 0. The van der Waals surface area contributed by atoms with E-state index in [4.69, 9.17) is 5.73 Å². The number of hydrogen-bond acceptors (Lipinski definition) is 5. The molecule has 106 valence electrons. The third-order valence-corrected chi connectivity index (χ3v) is 4.57. The van der Waals surface area contributed by atoms with Gasteiger partial charge in [0.2, 0.25) is 0 Å². The second-order valence-electron chi connectivity index (χ2n) is 3.59. The second-order valence-corrected chi connectivity index (χ2v) is 6.80. The van der Waals surface area contributed by atoms with Crippen molar-refractivity contribution in [3.8, 4) is 0 Å². The van der Waals surface area contributed by atoms with Gasteiger partial charge in [-0.1, -0.05) is 6.07 Å². The molecule has 0 spiro atoms. The van der Waals surface area contributed by atoms with Gasteiger partial charge < -0.3 is 5.73 Å². The van der Waals surface area contributed by atoms with Crippen LogP contribution in [0, 0.1) is 5.82 Å². The molecule has 0 saturated carbocycles. The SMILES string of the molecule is Nc1c(F)cccc1S(=O)(=O)Nc1ncc(Br)nc1Br. The first-order valence-electron chi connectivity index (χ1n) is 5.06. The number of nitrogens with two attached hydrogens (primary N) is 1. The molecule has 6 nitrogen and oxygen atoms in total. The van der Waals surface area contributed by atoms with Crippen LogP contribution in [0.2, 0.25) is 0 Å². The van der Waals surface area contributed by atoms with Gasteiger partial charge in [0.05, 0.1) is 11.9 Å². The minimum Gasteiger partial charge on any atom is -0.395 e. The summed E-state index contributed by atoms with van der Waals surface area (Å²) < 4.78 is 40.4. The van der Waals surface area contributed by atoms with Crippen LogP contribution in [0.1, 0.15) is 0 Å². The predicted molar refractivity (Wildman–Crippen MR) is 79.1 cm³/mol. The van der Waals surface area contributed by atoms with Crippen molar-refractivity contribution in [1.82, 2.24) is 9.97 Å². The van der Waals surface area contributed by atoms with E-state index < -0.39 is 21.5 Å². The number of nitrogens with zero attached hydrogens (tertiary/aromatic N) is 2. The fourth-order valence-electron chi connectivity index (χ4n) is 1.35. The van der Waals surface area contributed by atoms with E-state index in [9.17, 15) is 12.8 Å². The summed E-state index contributed by atoms with van der Waals surface area (Å²) in [5.74, 6) is -0.842. The van der Waals surface area contributed by atoms with Gasteiger partial charge >= 0.3 is 0 Å². The minimum absolute atomic E-state index is 0.0307. The van der Waals surface area contributed by atoms with E-state index in [1.807, 2.05) is 0 Å². The Hall–Kier alpha value is -1.26. The molecular weight excluding hydrogens is 419 g/mol. The second kappa shape index (κ2) is 5.62. The van der Waals surface area contributed by atoms with Gasteiger partial charge in [-0.15, -0.1) is 0 Å². The lowest BCUT2D eigenvalue weighted by Gasteiger charge is -2.10. The van der Waals surface area contributed by atoms with Crippen LogP contribution >= 0.6 is 31.9 Å². The van der Waals surface area contributed by atoms with Crippen molar-refractivity contribution in [2.75, 3.05) is 10.5 Å². The number of benzene rings is 1. The van der Waals surface area contributed by atoms with Gasteiger partial charge in [0, 0.05) is 0 Å². The molecule has 0 radical (unpaired) electrons. The first-order valence-corrected chi connectivity index (χ1v) is 8.13. The molecule has 0 saturated heterocycles. The summed E-state index contributed by atoms with van der Waals surface area (Å²) in [6.07, 6.45) is 1.32. The molecule has 0 aliphatic carbocycles. The van der Waals surface area contributed by atoms with Gasteiger partial charge in [-0.25, -0.2) is 22.8 Å². The van der Waals surface area contributed by atoms with Crippen LogP contribution in [0.3, 0.4) is 0 Å². The Bertz CT molecular complexity index is 770. The molecule has 0 unspecified atom stereocenters. The molecule has 2 rings (SSSR count). The molecule has 1 aromatic carbocycles. The molecule has 20 heavy (non-hydrogen) atoms. The summed E-state index contributed by atoms with van der Waals surface area (Å²) >= 11 is 6.16. The van der Waals surface area contributed by atoms with E-state index in [1.54, 1.807) is 0 Å². The van der Waals surface area contributed by atoms with Crippen molar-refractivity contribution in [2.24, 2.45) is 0 Å². The van der Waals surface area contributed by atoms with E-state index in [1.165, 1.54) is 18.3 Å². The predicted octanol–water partition coefficient (Wildman–Crippen LogP) is 2.52. The van der Waals surface area contributed by atoms with E-state index in [0.29, 0.717) is 4.60 Å². The van der Waals surface area contributed by atoms with Crippen molar-refractivity contribution < 1.29 is 12.8 Å². The maximum atomic E-state index is 13.3. The average Bonchev–Trinajstić information content (AvgIpc) is 2.36. The number of rotatable bonds is 3. The number of hydrogen-bond donors (Lipinski definition) is 2. The van der Waals surface area contributed by atoms with E-state index in [2.05, 4.69) is 46.5 Å². The third-order valence-electron chi connectivity index (χ3n) is 2.23. The smallest absolute Gasteiger partial charge is 0.265 e. The fourth-order valence-corrected chi connectivity index (χ4v) is 3.55. The highest BCUT2D eigenvalue weighted by molar-refractivity contribution is 9.11. The van der Waals surface area contributed by atoms with Gasteiger partial charge in [-0.2, -0.15) is 0 Å². The molecule has 3 N–H and O–H groups in total. The zero-order valence-electron chi connectivity index (χ0n) is 9.64. The lowest BCUT2D eigenvalue weighted by molar-refractivity contribution is 0.597. The van der Waals surface area contributed by atoms with E-state index in [-0.39, 0.29) is 15.3 Å². The standard InChI is InChI=1S/C10H7Br2FN4O2S/c11-7-4-15-10(9(12)16-7)17-20(18,19)6-3-1-2-5(13)8(6)14/h1-4H,14H2,(H,15,17). The summed E-state index contributed by atoms with van der Waals surface area (Å²) in [7, 11) is -4.06. The Morgan fingerprint density at radius 2 is 2.00 bits per heavy atom. The zero-order chi connectivity index (χ0) is 14.9. The Morgan fingerprint density at radius 3 is 2.65 bits per heavy atom. The summed E-state index contributed by atoms with van der Waals surface area (Å²) in [5.41, 5.74) is 4.98. The molecule has 10 heteroatoms. The van der Waals surface area contributed by atoms with Crippen LogP contribution in [0.25, 0.3) is 0 Å². The van der Waals surface area contributed by atoms with Gasteiger partial charge in [-0.05, 0) is 44.0 Å². The Balaban J connectivity index is 2.44. The topological polar surface area (TPSA) is 98.0 Å². The summed E-state index contributed by atoms with van der Waals surface area (Å²) in [6.45, 7) is 0. The first-order chi connectivity index (χ1) is 9.31. The Kier molecular flexibility index (Phi) is 4.25. The number of halogens is 3. The van der Waals surface area contributed by atoms with E-state index in [0.717, 1.165) is 6.07 Å². The quantitative estimate of drug-likeness (QED) is 0.736. The van der Waals surface area contributed by atoms with Gasteiger partial charge in [-0.3, -0.25) is 4.72 Å². The van der Waals surface area contributed by atoms with Gasteiger partial charge in [0.25, 0.3) is 10.0 Å². The highest BCUT2D eigenvalue weighted by atomic mass is 79.9. The molecule has 1 heterocycles. The molecule has 0 bridgehead atoms. The maximum Gasteiger partial charge on any atom is 0.265 e. The highest BCUT2D eigenvalue weighted by Gasteiger charge is 2.21. The molecule has 0 aliphatic rings. The molecule has 0 aliphatic heterocycles. The lowest BCUT2D eigenvalue weighted by atomic mass is 10.3. The average molecular weight is 426 g/mol. The molecule has 0 amide bonds. The van der Waals surface area contributed by atoms with Crippen LogP contribution in [0.4, 0.5) is 15.9 Å². The first kappa shape index (κ1) is 15.1. The van der Waals surface area contributed by atoms with Crippen molar-refractivity contribution in [2.45, 2.75) is 4.90 Å². The van der Waals surface area contributed by atoms with Crippen molar-refractivity contribution in [3.63, 3.8) is 0 Å². The van der Waals surface area contributed by atoms with Crippen LogP contribution < -0.4 is 10.5 Å². The van der Waals surface area contributed by atoms with Crippen molar-refractivity contribution in [1.29, 1.82) is 0 Å². The van der Waals surface area contributed by atoms with Crippen LogP contribution in [0.15, 0.2) is 38.5 Å². The van der Waals surface area contributed by atoms with Crippen molar-refractivity contribution in [3.05, 3.63) is 39.4 Å². The molecule has 0 atom stereocenters. The Labute approximate surface area is 130 Å². The largest absolute Gasteiger partial charge is 0.395 e. The van der Waals surface area contributed by atoms with E-state index >= 15 is 0 Å². The number of sulfonamides is 1. The monoisotopic (exact) mass is 424 g/mol. The van der Waals surface area contributed by atoms with Gasteiger partial charge in [0.15, 0.2) is 10.4 Å². The lowest BCUT2D eigenvalue weighted by Crippen LogP contribution is -2.17. The Morgan fingerprint density at radius 1 is 1.30 bits per heavy atom. The van der Waals surface area contributed by atoms with Crippen molar-refractivity contribution >= 4 is 53.4 Å². The fraction of sp³-hybridized carbons (Fsp3) is 0. The zero-order valence-corrected chi connectivity index (χ0v) is 13.6. The minimum atomic E-state index is -4.06. The molecule has 0 fully saturated rings. The van der Waals surface area contributed by atoms with Crippen LogP contribution in [-0.4, -0.2) is 18.4 Å². The molecule has 2 aromatic rings. The van der Waals surface area contributed by atoms with Crippen LogP contribution in [0.5, 0.6) is 0 Å². The highest BCUT2D eigenvalue weighted by Crippen LogP contribution is 2.26. The van der Waals surface area contributed by atoms with Gasteiger partial charge in [0.1, 0.15) is 15.3 Å². The third kappa shape index (κ3) is 3.07. The van der Waals surface area contributed by atoms with Crippen LogP contribution in [-0.2, 0) is 10.0 Å². The normalized spacial score (nSPS) is 11.3. The maximum absolute atomic E-state index is 13.3. The summed E-state index contributed by atoms with van der Waals surface area (Å²) in [6, 6.07) is 3.52. The molecule has 1 aromatic heterocycles. The summed E-state index contributed by atoms with van der Waals surface area (Å²) in [4.78, 5) is 7.42. The number of aromatic nitrogens is 2. The number of nitrogen functional groups attached to an aromatic ring is 1. The molecular formula is C10H7Br2FN4O2S. The number of para-hydroxylation sites is 1.